The third-order valence-electron chi connectivity index (χ3n) is 0.937. The first kappa shape index (κ1) is 9.17. The van der Waals surface area contributed by atoms with Crippen molar-refractivity contribution in [2.24, 2.45) is 0 Å². The molecule has 0 saturated carbocycles. The van der Waals surface area contributed by atoms with Crippen LogP contribution in [-0.4, -0.2) is 26.8 Å². The molecule has 3 heteroatoms. The van der Waals surface area contributed by atoms with Crippen LogP contribution in [0.5, 0.6) is 0 Å². The molecule has 0 amide bonds. The number of ether oxygens (including phenoxy) is 2. The van der Waals surface area contributed by atoms with E-state index in [9.17, 15) is 4.79 Å². The zero-order valence-electron chi connectivity index (χ0n) is 6.51. The molecule has 0 bridgehead atoms. The molecule has 0 N–H and O–H groups in total. The Bertz CT molecular complexity index is 138. The van der Waals surface area contributed by atoms with Gasteiger partial charge in [-0.05, 0) is 12.5 Å². The van der Waals surface area contributed by atoms with E-state index in [1.54, 1.807) is 14.0 Å². The molecule has 0 fully saturated rings. The van der Waals surface area contributed by atoms with Gasteiger partial charge in [0.05, 0.1) is 13.7 Å². The van der Waals surface area contributed by atoms with E-state index in [4.69, 9.17) is 4.74 Å². The number of hydrogen-bond donors (Lipinski definition) is 0. The maximum atomic E-state index is 10.5. The number of carbonyl (C=O) groups is 1. The highest BCUT2D eigenvalue weighted by Gasteiger charge is 1.94. The van der Waals surface area contributed by atoms with Crippen LogP contribution in [0, 0.1) is 0 Å². The van der Waals surface area contributed by atoms with Crippen LogP contribution in [0.4, 0.5) is 0 Å². The SMILES string of the molecule is COC/C(C)=C\C(=O)OC. The monoisotopic (exact) mass is 144 g/mol. The maximum Gasteiger partial charge on any atom is 0.330 e. The Hall–Kier alpha value is -0.830. The van der Waals surface area contributed by atoms with E-state index in [-0.39, 0.29) is 5.97 Å². The largest absolute Gasteiger partial charge is 0.466 e. The van der Waals surface area contributed by atoms with Gasteiger partial charge in [0.15, 0.2) is 0 Å². The van der Waals surface area contributed by atoms with Gasteiger partial charge in [0.2, 0.25) is 0 Å². The average molecular weight is 144 g/mol. The molecule has 0 heterocycles. The fraction of sp³-hybridized carbons (Fsp3) is 0.571. The third kappa shape index (κ3) is 4.09. The lowest BCUT2D eigenvalue weighted by atomic mass is 10.3. The van der Waals surface area contributed by atoms with Crippen LogP contribution in [0.1, 0.15) is 6.92 Å². The predicted molar refractivity (Wildman–Crippen MR) is 37.6 cm³/mol. The Balaban J connectivity index is 3.77. The summed E-state index contributed by atoms with van der Waals surface area (Å²) in [6.07, 6.45) is 1.41. The van der Waals surface area contributed by atoms with E-state index in [2.05, 4.69) is 4.74 Å². The van der Waals surface area contributed by atoms with Crippen molar-refractivity contribution in [3.8, 4) is 0 Å². The molecule has 0 spiro atoms. The second-order valence-corrected chi connectivity index (χ2v) is 1.95. The van der Waals surface area contributed by atoms with E-state index < -0.39 is 0 Å². The van der Waals surface area contributed by atoms with Crippen LogP contribution in [0.3, 0.4) is 0 Å². The lowest BCUT2D eigenvalue weighted by Gasteiger charge is -1.96. The van der Waals surface area contributed by atoms with Gasteiger partial charge in [-0.2, -0.15) is 0 Å². The first-order valence-corrected chi connectivity index (χ1v) is 2.94. The van der Waals surface area contributed by atoms with Gasteiger partial charge in [-0.1, -0.05) is 0 Å². The summed E-state index contributed by atoms with van der Waals surface area (Å²) in [5.41, 5.74) is 0.856. The van der Waals surface area contributed by atoms with Crippen molar-refractivity contribution in [2.45, 2.75) is 6.92 Å². The highest BCUT2D eigenvalue weighted by Crippen LogP contribution is 1.92. The summed E-state index contributed by atoms with van der Waals surface area (Å²) in [6, 6.07) is 0. The van der Waals surface area contributed by atoms with E-state index in [0.29, 0.717) is 6.61 Å². The topological polar surface area (TPSA) is 35.5 Å². The minimum absolute atomic E-state index is 0.338. The van der Waals surface area contributed by atoms with Gasteiger partial charge in [-0.25, -0.2) is 4.79 Å². The third-order valence-corrected chi connectivity index (χ3v) is 0.937. The van der Waals surface area contributed by atoms with Gasteiger partial charge in [0, 0.05) is 13.2 Å². The molecule has 0 unspecified atom stereocenters. The summed E-state index contributed by atoms with van der Waals surface area (Å²) in [7, 11) is 2.92. The fourth-order valence-electron chi connectivity index (χ4n) is 0.529. The lowest BCUT2D eigenvalue weighted by Crippen LogP contribution is -1.98. The summed E-state index contributed by atoms with van der Waals surface area (Å²) in [6.45, 7) is 2.27. The first-order chi connectivity index (χ1) is 4.70. The molecule has 0 rings (SSSR count). The fourth-order valence-corrected chi connectivity index (χ4v) is 0.529. The molecule has 0 aliphatic rings. The van der Waals surface area contributed by atoms with Gasteiger partial charge in [-0.15, -0.1) is 0 Å². The van der Waals surface area contributed by atoms with Crippen LogP contribution in [-0.2, 0) is 14.3 Å². The minimum atomic E-state index is -0.338. The number of methoxy groups -OCH3 is 2. The summed E-state index contributed by atoms with van der Waals surface area (Å²) >= 11 is 0. The predicted octanol–water partition coefficient (Wildman–Crippen LogP) is 0.752. The maximum absolute atomic E-state index is 10.5. The normalized spacial score (nSPS) is 11.3. The molecule has 0 aliphatic heterocycles. The van der Waals surface area contributed by atoms with E-state index in [1.807, 2.05) is 0 Å². The van der Waals surface area contributed by atoms with Gasteiger partial charge < -0.3 is 9.47 Å². The van der Waals surface area contributed by atoms with Crippen molar-refractivity contribution < 1.29 is 14.3 Å². The Labute approximate surface area is 60.6 Å². The van der Waals surface area contributed by atoms with Crippen molar-refractivity contribution in [2.75, 3.05) is 20.8 Å². The van der Waals surface area contributed by atoms with Crippen molar-refractivity contribution in [1.82, 2.24) is 0 Å². The van der Waals surface area contributed by atoms with E-state index in [1.165, 1.54) is 13.2 Å². The minimum Gasteiger partial charge on any atom is -0.466 e. The molecule has 0 aliphatic carbocycles. The van der Waals surface area contributed by atoms with Gasteiger partial charge in [0.25, 0.3) is 0 Å². The Morgan fingerprint density at radius 2 is 2.10 bits per heavy atom. The average Bonchev–Trinajstić information content (AvgIpc) is 1.88. The molecule has 58 valence electrons. The van der Waals surface area contributed by atoms with Crippen molar-refractivity contribution >= 4 is 5.97 Å². The zero-order valence-corrected chi connectivity index (χ0v) is 6.51. The highest BCUT2D eigenvalue weighted by molar-refractivity contribution is 5.82. The number of rotatable bonds is 3. The Morgan fingerprint density at radius 1 is 1.50 bits per heavy atom. The molecular formula is C7H12O3. The van der Waals surface area contributed by atoms with Gasteiger partial charge >= 0.3 is 5.97 Å². The second-order valence-electron chi connectivity index (χ2n) is 1.95. The molecule has 0 aromatic rings. The van der Waals surface area contributed by atoms with Crippen LogP contribution in [0.2, 0.25) is 0 Å². The highest BCUT2D eigenvalue weighted by atomic mass is 16.5. The number of esters is 1. The lowest BCUT2D eigenvalue weighted by molar-refractivity contribution is -0.134. The molecular weight excluding hydrogens is 132 g/mol. The quantitative estimate of drug-likeness (QED) is 0.433. The molecule has 3 nitrogen and oxygen atoms in total. The summed E-state index contributed by atoms with van der Waals surface area (Å²) in [4.78, 5) is 10.5. The molecule has 0 radical (unpaired) electrons. The molecule has 0 saturated heterocycles. The molecule has 0 atom stereocenters. The molecule has 10 heavy (non-hydrogen) atoms. The van der Waals surface area contributed by atoms with Crippen LogP contribution in [0.25, 0.3) is 0 Å². The summed E-state index contributed by atoms with van der Waals surface area (Å²) in [5, 5.41) is 0. The van der Waals surface area contributed by atoms with Crippen molar-refractivity contribution in [3.63, 3.8) is 0 Å². The standard InChI is InChI=1S/C7H12O3/c1-6(5-9-2)4-7(8)10-3/h4H,5H2,1-3H3/b6-4-. The number of hydrogen-bond acceptors (Lipinski definition) is 3. The van der Waals surface area contributed by atoms with E-state index >= 15 is 0 Å². The summed E-state index contributed by atoms with van der Waals surface area (Å²) < 4.78 is 9.17. The second kappa shape index (κ2) is 4.99. The van der Waals surface area contributed by atoms with Crippen molar-refractivity contribution in [1.29, 1.82) is 0 Å². The van der Waals surface area contributed by atoms with Crippen LogP contribution >= 0.6 is 0 Å². The zero-order chi connectivity index (χ0) is 7.98. The van der Waals surface area contributed by atoms with Gasteiger partial charge in [0.1, 0.15) is 0 Å². The first-order valence-electron chi connectivity index (χ1n) is 2.94. The Morgan fingerprint density at radius 3 is 2.50 bits per heavy atom. The Kier molecular flexibility index (Phi) is 4.58. The van der Waals surface area contributed by atoms with E-state index in [0.717, 1.165) is 5.57 Å². The molecule has 0 aromatic carbocycles. The van der Waals surface area contributed by atoms with Gasteiger partial charge in [-0.3, -0.25) is 0 Å². The summed E-state index contributed by atoms with van der Waals surface area (Å²) in [5.74, 6) is -0.338. The van der Waals surface area contributed by atoms with Crippen LogP contribution in [0.15, 0.2) is 11.6 Å². The molecule has 0 aromatic heterocycles. The van der Waals surface area contributed by atoms with Crippen LogP contribution < -0.4 is 0 Å². The number of carbonyl (C=O) groups excluding carboxylic acids is 1. The van der Waals surface area contributed by atoms with Crippen molar-refractivity contribution in [3.05, 3.63) is 11.6 Å². The smallest absolute Gasteiger partial charge is 0.330 e.